The Bertz CT molecular complexity index is 363. The van der Waals surface area contributed by atoms with Gasteiger partial charge in [0.15, 0.2) is 5.82 Å². The van der Waals surface area contributed by atoms with Crippen LogP contribution in [0.2, 0.25) is 0 Å². The van der Waals surface area contributed by atoms with Gasteiger partial charge in [-0.05, 0) is 34.0 Å². The number of hydrogen-bond acceptors (Lipinski definition) is 5. The second-order valence-corrected chi connectivity index (χ2v) is 4.62. The van der Waals surface area contributed by atoms with Crippen molar-refractivity contribution < 1.29 is 4.74 Å². The summed E-state index contributed by atoms with van der Waals surface area (Å²) in [6.07, 6.45) is 0. The lowest BCUT2D eigenvalue weighted by Crippen LogP contribution is -2.43. The number of ether oxygens (including phenoxy) is 1. The van der Waals surface area contributed by atoms with Crippen molar-refractivity contribution >= 4 is 11.5 Å². The summed E-state index contributed by atoms with van der Waals surface area (Å²) in [5, 5.41) is 0. The lowest BCUT2D eigenvalue weighted by molar-refractivity contribution is 0.111. The molecule has 1 rings (SSSR count). The van der Waals surface area contributed by atoms with Crippen LogP contribution in [0, 0.1) is 0 Å². The van der Waals surface area contributed by atoms with Gasteiger partial charge in [0.05, 0.1) is 5.69 Å². The van der Waals surface area contributed by atoms with Crippen LogP contribution < -0.4 is 16.2 Å². The van der Waals surface area contributed by atoms with Gasteiger partial charge in [0.25, 0.3) is 0 Å². The number of aromatic nitrogens is 1. The Labute approximate surface area is 96.4 Å². The zero-order valence-electron chi connectivity index (χ0n) is 10.3. The first-order valence-electron chi connectivity index (χ1n) is 5.15. The van der Waals surface area contributed by atoms with Gasteiger partial charge >= 0.3 is 0 Å². The van der Waals surface area contributed by atoms with Crippen LogP contribution in [0.3, 0.4) is 0 Å². The topological polar surface area (TPSA) is 77.4 Å². The maximum atomic E-state index is 5.59. The predicted molar refractivity (Wildman–Crippen MR) is 66.3 cm³/mol. The molecule has 0 unspecified atom stereocenters. The average molecular weight is 224 g/mol. The SMILES string of the molecule is CN(C)C(C)(C)COc1ccc(N)c(N)n1. The monoisotopic (exact) mass is 224 g/mol. The molecule has 1 aromatic heterocycles. The molecule has 0 amide bonds. The number of anilines is 2. The van der Waals surface area contributed by atoms with Gasteiger partial charge in [0.2, 0.25) is 5.88 Å². The van der Waals surface area contributed by atoms with Crippen LogP contribution >= 0.6 is 0 Å². The van der Waals surface area contributed by atoms with E-state index in [9.17, 15) is 0 Å². The van der Waals surface area contributed by atoms with E-state index in [0.29, 0.717) is 24.0 Å². The first-order valence-corrected chi connectivity index (χ1v) is 5.15. The Morgan fingerprint density at radius 1 is 1.31 bits per heavy atom. The highest BCUT2D eigenvalue weighted by Gasteiger charge is 2.21. The van der Waals surface area contributed by atoms with E-state index >= 15 is 0 Å². The van der Waals surface area contributed by atoms with Crippen LogP contribution in [0.4, 0.5) is 11.5 Å². The smallest absolute Gasteiger partial charge is 0.215 e. The van der Waals surface area contributed by atoms with Crippen molar-refractivity contribution in [1.82, 2.24) is 9.88 Å². The molecule has 0 radical (unpaired) electrons. The highest BCUT2D eigenvalue weighted by molar-refractivity contribution is 5.58. The van der Waals surface area contributed by atoms with E-state index < -0.39 is 0 Å². The molecule has 0 aliphatic rings. The summed E-state index contributed by atoms with van der Waals surface area (Å²) < 4.78 is 5.58. The number of nitrogens with zero attached hydrogens (tertiary/aromatic N) is 2. The van der Waals surface area contributed by atoms with Crippen molar-refractivity contribution in [3.8, 4) is 5.88 Å². The third kappa shape index (κ3) is 3.00. The molecular formula is C11H20N4O. The van der Waals surface area contributed by atoms with Crippen molar-refractivity contribution in [3.63, 3.8) is 0 Å². The standard InChI is InChI=1S/C11H20N4O/c1-11(2,15(3)4)7-16-9-6-5-8(12)10(13)14-9/h5-6H,7,12H2,1-4H3,(H2,13,14). The van der Waals surface area contributed by atoms with E-state index in [-0.39, 0.29) is 5.54 Å². The molecule has 0 aromatic carbocycles. The van der Waals surface area contributed by atoms with Gasteiger partial charge in [-0.2, -0.15) is 4.98 Å². The number of likely N-dealkylation sites (N-methyl/N-ethyl adjacent to an activating group) is 1. The van der Waals surface area contributed by atoms with Crippen LogP contribution in [0.15, 0.2) is 12.1 Å². The first kappa shape index (κ1) is 12.6. The van der Waals surface area contributed by atoms with Gasteiger partial charge < -0.3 is 21.1 Å². The molecule has 90 valence electrons. The van der Waals surface area contributed by atoms with Crippen LogP contribution in [0.25, 0.3) is 0 Å². The molecule has 0 saturated heterocycles. The maximum absolute atomic E-state index is 5.59. The van der Waals surface area contributed by atoms with Crippen LogP contribution in [0.5, 0.6) is 5.88 Å². The molecule has 5 nitrogen and oxygen atoms in total. The lowest BCUT2D eigenvalue weighted by atomic mass is 10.1. The highest BCUT2D eigenvalue weighted by Crippen LogP contribution is 2.18. The van der Waals surface area contributed by atoms with Crippen molar-refractivity contribution in [2.75, 3.05) is 32.2 Å². The summed E-state index contributed by atoms with van der Waals surface area (Å²) in [6, 6.07) is 3.41. The number of nitrogens with two attached hydrogens (primary N) is 2. The molecule has 0 fully saturated rings. The first-order chi connectivity index (χ1) is 7.33. The molecule has 0 spiro atoms. The molecule has 0 aliphatic heterocycles. The van der Waals surface area contributed by atoms with E-state index in [1.54, 1.807) is 12.1 Å². The van der Waals surface area contributed by atoms with E-state index in [0.717, 1.165) is 0 Å². The predicted octanol–water partition coefficient (Wildman–Crippen LogP) is 0.965. The van der Waals surface area contributed by atoms with Crippen molar-refractivity contribution in [3.05, 3.63) is 12.1 Å². The summed E-state index contributed by atoms with van der Waals surface area (Å²) in [6.45, 7) is 4.72. The van der Waals surface area contributed by atoms with E-state index in [2.05, 4.69) is 23.7 Å². The molecule has 1 heterocycles. The van der Waals surface area contributed by atoms with Crippen molar-refractivity contribution in [2.24, 2.45) is 0 Å². The maximum Gasteiger partial charge on any atom is 0.215 e. The minimum absolute atomic E-state index is 0.0577. The molecule has 0 bridgehead atoms. The van der Waals surface area contributed by atoms with Gasteiger partial charge in [-0.3, -0.25) is 0 Å². The van der Waals surface area contributed by atoms with Crippen molar-refractivity contribution in [2.45, 2.75) is 19.4 Å². The second-order valence-electron chi connectivity index (χ2n) is 4.62. The number of nitrogen functional groups attached to an aromatic ring is 2. The minimum Gasteiger partial charge on any atom is -0.476 e. The number of pyridine rings is 1. The molecule has 1 aromatic rings. The largest absolute Gasteiger partial charge is 0.476 e. The Kier molecular flexibility index (Phi) is 3.59. The zero-order chi connectivity index (χ0) is 12.3. The van der Waals surface area contributed by atoms with Gasteiger partial charge in [-0.25, -0.2) is 0 Å². The fourth-order valence-corrected chi connectivity index (χ4v) is 0.927. The van der Waals surface area contributed by atoms with Gasteiger partial charge in [-0.15, -0.1) is 0 Å². The summed E-state index contributed by atoms with van der Waals surface area (Å²) in [4.78, 5) is 6.14. The van der Waals surface area contributed by atoms with Crippen molar-refractivity contribution in [1.29, 1.82) is 0 Å². The van der Waals surface area contributed by atoms with Gasteiger partial charge in [-0.1, -0.05) is 0 Å². The quantitative estimate of drug-likeness (QED) is 0.796. The van der Waals surface area contributed by atoms with Crippen LogP contribution in [-0.4, -0.2) is 36.1 Å². The second kappa shape index (κ2) is 4.57. The summed E-state index contributed by atoms with van der Waals surface area (Å²) in [5.74, 6) is 0.807. The van der Waals surface area contributed by atoms with Gasteiger partial charge in [0.1, 0.15) is 6.61 Å². The zero-order valence-corrected chi connectivity index (χ0v) is 10.3. The Balaban J connectivity index is 2.65. The molecule has 16 heavy (non-hydrogen) atoms. The van der Waals surface area contributed by atoms with Crippen LogP contribution in [0.1, 0.15) is 13.8 Å². The van der Waals surface area contributed by atoms with E-state index in [1.165, 1.54) is 0 Å². The fraction of sp³-hybridized carbons (Fsp3) is 0.545. The summed E-state index contributed by atoms with van der Waals surface area (Å²) >= 11 is 0. The number of rotatable bonds is 4. The average Bonchev–Trinajstić information content (AvgIpc) is 2.20. The molecule has 0 atom stereocenters. The third-order valence-corrected chi connectivity index (χ3v) is 2.72. The molecule has 4 N–H and O–H groups in total. The molecule has 0 aliphatic carbocycles. The van der Waals surface area contributed by atoms with Gasteiger partial charge in [0, 0.05) is 11.6 Å². The Hall–Kier alpha value is -1.49. The highest BCUT2D eigenvalue weighted by atomic mass is 16.5. The lowest BCUT2D eigenvalue weighted by Gasteiger charge is -2.31. The third-order valence-electron chi connectivity index (χ3n) is 2.72. The minimum atomic E-state index is -0.0577. The molecule has 5 heteroatoms. The summed E-state index contributed by atoms with van der Waals surface area (Å²) in [7, 11) is 4.02. The Morgan fingerprint density at radius 3 is 2.44 bits per heavy atom. The summed E-state index contributed by atoms with van der Waals surface area (Å²) in [5.41, 5.74) is 11.6. The molecular weight excluding hydrogens is 204 g/mol. The van der Waals surface area contributed by atoms with E-state index in [1.807, 2.05) is 14.1 Å². The van der Waals surface area contributed by atoms with E-state index in [4.69, 9.17) is 16.2 Å². The van der Waals surface area contributed by atoms with Crippen LogP contribution in [-0.2, 0) is 0 Å². The number of hydrogen-bond donors (Lipinski definition) is 2. The Morgan fingerprint density at radius 2 is 1.94 bits per heavy atom. The normalized spacial score (nSPS) is 11.8. The fourth-order valence-electron chi connectivity index (χ4n) is 0.927. The molecule has 0 saturated carbocycles.